The van der Waals surface area contributed by atoms with Crippen LogP contribution in [0.25, 0.3) is 0 Å². The Morgan fingerprint density at radius 1 is 1.07 bits per heavy atom. The molecule has 0 bridgehead atoms. The van der Waals surface area contributed by atoms with Crippen LogP contribution in [0.1, 0.15) is 32.6 Å². The van der Waals surface area contributed by atoms with E-state index in [1.807, 2.05) is 6.07 Å². The van der Waals surface area contributed by atoms with Crippen molar-refractivity contribution in [3.8, 4) is 6.07 Å². The third-order valence-electron chi connectivity index (χ3n) is 6.34. The number of aryl methyl sites for hydroxylation is 1. The molecule has 13 heteroatoms. The number of amides is 3. The molecule has 0 spiro atoms. The summed E-state index contributed by atoms with van der Waals surface area (Å²) in [5.74, 6) is -0.119. The number of nitrogens with one attached hydrogen (secondary N) is 2. The number of nitriles is 1. The van der Waals surface area contributed by atoms with Crippen molar-refractivity contribution in [2.75, 3.05) is 27.5 Å². The van der Waals surface area contributed by atoms with E-state index >= 15 is 0 Å². The molecule has 10 nitrogen and oxygen atoms in total. The third-order valence-corrected chi connectivity index (χ3v) is 6.34. The van der Waals surface area contributed by atoms with E-state index < -0.39 is 17.6 Å². The number of alkyl halides is 3. The van der Waals surface area contributed by atoms with Crippen molar-refractivity contribution >= 4 is 40.8 Å². The van der Waals surface area contributed by atoms with Gasteiger partial charge in [-0.15, -0.1) is 0 Å². The third kappa shape index (κ3) is 5.62. The lowest BCUT2D eigenvalue weighted by molar-refractivity contribution is -0.137. The molecule has 3 heterocycles. The molecule has 1 aliphatic heterocycles. The number of halogens is 3. The van der Waals surface area contributed by atoms with E-state index in [1.165, 1.54) is 34.3 Å². The van der Waals surface area contributed by atoms with Crippen molar-refractivity contribution in [3.63, 3.8) is 0 Å². The number of pyridine rings is 1. The number of urea groups is 1. The summed E-state index contributed by atoms with van der Waals surface area (Å²) in [7, 11) is 1.57. The minimum Gasteiger partial charge on any atom is -0.323 e. The smallest absolute Gasteiger partial charge is 0.323 e. The van der Waals surface area contributed by atoms with E-state index in [4.69, 9.17) is 5.26 Å². The number of hydrogen-bond acceptors (Lipinski definition) is 7. The molecule has 0 aliphatic carbocycles. The SMILES string of the molecule is Cc1ccc(NC(=O)c2cccc(C(F)(F)F)c2)cc1N1Cc2cnc(Nc3cncc(C#N)c3)nc2N(C)C1=O. The number of hydrogen-bond donors (Lipinski definition) is 2. The van der Waals surface area contributed by atoms with E-state index in [9.17, 15) is 22.8 Å². The minimum atomic E-state index is -4.58. The highest BCUT2D eigenvalue weighted by Crippen LogP contribution is 2.34. The molecule has 1 aliphatic rings. The fraction of sp³-hybridized carbons (Fsp3) is 0.143. The average molecular weight is 559 g/mol. The van der Waals surface area contributed by atoms with Gasteiger partial charge in [0.1, 0.15) is 11.9 Å². The van der Waals surface area contributed by atoms with Crippen LogP contribution in [0, 0.1) is 18.3 Å². The number of carbonyl (C=O) groups excluding carboxylic acids is 2. The van der Waals surface area contributed by atoms with Gasteiger partial charge in [0.2, 0.25) is 5.95 Å². The molecule has 0 saturated carbocycles. The second-order valence-electron chi connectivity index (χ2n) is 9.20. The molecule has 2 aromatic carbocycles. The molecule has 41 heavy (non-hydrogen) atoms. The molecule has 0 atom stereocenters. The Labute approximate surface area is 232 Å². The van der Waals surface area contributed by atoms with Gasteiger partial charge in [0.05, 0.1) is 35.2 Å². The van der Waals surface area contributed by atoms with Gasteiger partial charge < -0.3 is 10.6 Å². The van der Waals surface area contributed by atoms with Crippen LogP contribution in [0.5, 0.6) is 0 Å². The summed E-state index contributed by atoms with van der Waals surface area (Å²) in [6.45, 7) is 1.93. The van der Waals surface area contributed by atoms with Gasteiger partial charge >= 0.3 is 12.2 Å². The Morgan fingerprint density at radius 3 is 2.63 bits per heavy atom. The molecule has 0 fully saturated rings. The predicted molar refractivity (Wildman–Crippen MR) is 145 cm³/mol. The fourth-order valence-electron chi connectivity index (χ4n) is 4.27. The average Bonchev–Trinajstić information content (AvgIpc) is 2.96. The van der Waals surface area contributed by atoms with E-state index in [1.54, 1.807) is 44.4 Å². The highest BCUT2D eigenvalue weighted by atomic mass is 19.4. The van der Waals surface area contributed by atoms with Crippen LogP contribution < -0.4 is 20.4 Å². The van der Waals surface area contributed by atoms with Crippen LogP contribution >= 0.6 is 0 Å². The number of rotatable bonds is 5. The van der Waals surface area contributed by atoms with E-state index in [0.717, 1.165) is 17.7 Å². The molecule has 3 amide bonds. The Hall–Kier alpha value is -5.51. The summed E-state index contributed by atoms with van der Waals surface area (Å²) in [5.41, 5.74) is 1.98. The van der Waals surface area contributed by atoms with Crippen LogP contribution in [-0.4, -0.2) is 33.9 Å². The van der Waals surface area contributed by atoms with Gasteiger partial charge in [-0.25, -0.2) is 9.78 Å². The zero-order valence-electron chi connectivity index (χ0n) is 21.7. The maximum Gasteiger partial charge on any atom is 0.416 e. The van der Waals surface area contributed by atoms with E-state index in [-0.39, 0.29) is 24.1 Å². The van der Waals surface area contributed by atoms with E-state index in [2.05, 4.69) is 25.6 Å². The lowest BCUT2D eigenvalue weighted by Crippen LogP contribution is -2.46. The molecule has 4 aromatic rings. The first-order valence-corrected chi connectivity index (χ1v) is 12.2. The van der Waals surface area contributed by atoms with Crippen molar-refractivity contribution in [1.29, 1.82) is 5.26 Å². The number of anilines is 5. The number of benzene rings is 2. The van der Waals surface area contributed by atoms with Gasteiger partial charge in [-0.1, -0.05) is 12.1 Å². The summed E-state index contributed by atoms with van der Waals surface area (Å²) >= 11 is 0. The molecule has 0 unspecified atom stereocenters. The highest BCUT2D eigenvalue weighted by molar-refractivity contribution is 6.07. The van der Waals surface area contributed by atoms with Crippen molar-refractivity contribution in [2.24, 2.45) is 0 Å². The minimum absolute atomic E-state index is 0.135. The highest BCUT2D eigenvalue weighted by Gasteiger charge is 2.32. The number of nitrogens with zero attached hydrogens (tertiary/aromatic N) is 6. The van der Waals surface area contributed by atoms with Crippen molar-refractivity contribution in [3.05, 3.63) is 94.9 Å². The molecule has 2 aromatic heterocycles. The maximum atomic E-state index is 13.4. The molecule has 0 radical (unpaired) electrons. The second-order valence-corrected chi connectivity index (χ2v) is 9.20. The second kappa shape index (κ2) is 10.6. The van der Waals surface area contributed by atoms with Crippen LogP contribution in [0.4, 0.5) is 46.8 Å². The lowest BCUT2D eigenvalue weighted by Gasteiger charge is -2.35. The molecular weight excluding hydrogens is 537 g/mol. The summed E-state index contributed by atoms with van der Waals surface area (Å²) in [5, 5.41) is 14.7. The van der Waals surface area contributed by atoms with Gasteiger partial charge in [0, 0.05) is 36.3 Å². The molecule has 5 rings (SSSR count). The van der Waals surface area contributed by atoms with Gasteiger partial charge in [-0.2, -0.15) is 23.4 Å². The first-order valence-electron chi connectivity index (χ1n) is 12.2. The number of carbonyl (C=O) groups is 2. The summed E-state index contributed by atoms with van der Waals surface area (Å²) in [6.07, 6.45) is -0.0588. The monoisotopic (exact) mass is 558 g/mol. The normalized spacial score (nSPS) is 12.9. The van der Waals surface area contributed by atoms with E-state index in [0.29, 0.717) is 34.0 Å². The molecular formula is C28H21F3N8O2. The van der Waals surface area contributed by atoms with Crippen LogP contribution in [0.3, 0.4) is 0 Å². The van der Waals surface area contributed by atoms with Crippen molar-refractivity contribution < 1.29 is 22.8 Å². The zero-order chi connectivity index (χ0) is 29.3. The Morgan fingerprint density at radius 2 is 1.88 bits per heavy atom. The maximum absolute atomic E-state index is 13.4. The lowest BCUT2D eigenvalue weighted by atomic mass is 10.1. The standard InChI is InChI=1S/C28H21F3N8O2/c1-16-6-7-21(35-25(40)18-4-3-5-20(9-18)28(29,30)31)10-23(16)39-15-19-13-34-26(37-24(19)38(2)27(39)41)36-22-8-17(11-32)12-33-14-22/h3-10,12-14H,15H2,1-2H3,(H,35,40)(H,34,36,37). The van der Waals surface area contributed by atoms with Gasteiger partial charge in [-0.3, -0.25) is 19.6 Å². The molecule has 0 saturated heterocycles. The van der Waals surface area contributed by atoms with Crippen LogP contribution in [-0.2, 0) is 12.7 Å². The summed E-state index contributed by atoms with van der Waals surface area (Å²) in [6, 6.07) is 12.2. The Kier molecular flexibility index (Phi) is 6.98. The van der Waals surface area contributed by atoms with Crippen LogP contribution in [0.15, 0.2) is 67.1 Å². The quantitative estimate of drug-likeness (QED) is 0.324. The first-order chi connectivity index (χ1) is 19.5. The molecule has 206 valence electrons. The largest absolute Gasteiger partial charge is 0.416 e. The predicted octanol–water partition coefficient (Wildman–Crippen LogP) is 5.64. The number of fused-ring (bicyclic) bond motifs is 1. The van der Waals surface area contributed by atoms with Crippen molar-refractivity contribution in [2.45, 2.75) is 19.6 Å². The van der Waals surface area contributed by atoms with Gasteiger partial charge in [-0.05, 0) is 48.9 Å². The first kappa shape index (κ1) is 27.1. The summed E-state index contributed by atoms with van der Waals surface area (Å²) < 4.78 is 39.3. The summed E-state index contributed by atoms with van der Waals surface area (Å²) in [4.78, 5) is 41.8. The Bertz CT molecular complexity index is 1720. The van der Waals surface area contributed by atoms with Crippen LogP contribution in [0.2, 0.25) is 0 Å². The zero-order valence-corrected chi connectivity index (χ0v) is 21.7. The Balaban J connectivity index is 1.38. The number of aromatic nitrogens is 3. The van der Waals surface area contributed by atoms with Gasteiger partial charge in [0.25, 0.3) is 5.91 Å². The van der Waals surface area contributed by atoms with Crippen molar-refractivity contribution in [1.82, 2.24) is 15.0 Å². The topological polar surface area (TPSA) is 127 Å². The molecule has 2 N–H and O–H groups in total. The fourth-order valence-corrected chi connectivity index (χ4v) is 4.27. The van der Waals surface area contributed by atoms with Gasteiger partial charge in [0.15, 0.2) is 0 Å².